The van der Waals surface area contributed by atoms with Crippen LogP contribution in [0, 0.1) is 5.92 Å². The number of hydrogen-bond acceptors (Lipinski definition) is 4. The molecule has 0 N–H and O–H groups in total. The van der Waals surface area contributed by atoms with Crippen molar-refractivity contribution in [1.29, 1.82) is 0 Å². The predicted molar refractivity (Wildman–Crippen MR) is 86.6 cm³/mol. The highest BCUT2D eigenvalue weighted by Crippen LogP contribution is 2.28. The molecule has 1 heterocycles. The average Bonchev–Trinajstić information content (AvgIpc) is 3.03. The van der Waals surface area contributed by atoms with Crippen LogP contribution in [0.25, 0.3) is 0 Å². The molecular weight excluding hydrogens is 314 g/mol. The molecule has 6 heteroatoms. The molecule has 1 aliphatic carbocycles. The number of rotatable bonds is 4. The van der Waals surface area contributed by atoms with Gasteiger partial charge in [0.15, 0.2) is 0 Å². The second-order valence-corrected chi connectivity index (χ2v) is 8.18. The van der Waals surface area contributed by atoms with Crippen LogP contribution in [0.4, 0.5) is 0 Å². The molecule has 1 aromatic carbocycles. The van der Waals surface area contributed by atoms with Gasteiger partial charge in [-0.25, -0.2) is 8.42 Å². The molecule has 126 valence electrons. The fourth-order valence-electron chi connectivity index (χ4n) is 3.47. The lowest BCUT2D eigenvalue weighted by atomic mass is 10.0. The molecule has 5 nitrogen and oxygen atoms in total. The molecule has 0 saturated carbocycles. The Labute approximate surface area is 137 Å². The minimum atomic E-state index is -3.54. The first-order valence-corrected chi connectivity index (χ1v) is 9.75. The van der Waals surface area contributed by atoms with Crippen LogP contribution < -0.4 is 0 Å². The van der Waals surface area contributed by atoms with Gasteiger partial charge in [-0.15, -0.1) is 0 Å². The molecule has 0 bridgehead atoms. The molecule has 0 amide bonds. The predicted octanol–water partition coefficient (Wildman–Crippen LogP) is 2.14. The number of hydrogen-bond donors (Lipinski definition) is 0. The van der Waals surface area contributed by atoms with Crippen molar-refractivity contribution in [2.75, 3.05) is 19.7 Å². The first kappa shape index (κ1) is 16.5. The first-order valence-electron chi connectivity index (χ1n) is 8.31. The van der Waals surface area contributed by atoms with Crippen molar-refractivity contribution in [3.05, 3.63) is 29.3 Å². The summed E-state index contributed by atoms with van der Waals surface area (Å²) in [5.41, 5.74) is 2.40. The molecule has 1 aliphatic heterocycles. The second-order valence-electron chi connectivity index (χ2n) is 6.24. The Balaban J connectivity index is 1.80. The zero-order valence-corrected chi connectivity index (χ0v) is 14.3. The van der Waals surface area contributed by atoms with Gasteiger partial charge in [0.2, 0.25) is 10.0 Å². The summed E-state index contributed by atoms with van der Waals surface area (Å²) in [7, 11) is -3.54. The van der Waals surface area contributed by atoms with E-state index in [1.807, 2.05) is 12.1 Å². The van der Waals surface area contributed by atoms with Crippen LogP contribution in [0.3, 0.4) is 0 Å². The monoisotopic (exact) mass is 337 g/mol. The summed E-state index contributed by atoms with van der Waals surface area (Å²) in [5, 5.41) is 0. The SMILES string of the molecule is CCOC(=O)[C@@H]1CCCN(S(=O)(=O)c2ccc3c(c2)CCC3)C1. The molecule has 3 rings (SSSR count). The fraction of sp³-hybridized carbons (Fsp3) is 0.588. The Hall–Kier alpha value is -1.40. The molecule has 1 atom stereocenters. The summed E-state index contributed by atoms with van der Waals surface area (Å²) >= 11 is 0. The second kappa shape index (κ2) is 6.61. The summed E-state index contributed by atoms with van der Waals surface area (Å²) in [6, 6.07) is 5.45. The minimum Gasteiger partial charge on any atom is -0.466 e. The third-order valence-electron chi connectivity index (χ3n) is 4.71. The van der Waals surface area contributed by atoms with Gasteiger partial charge < -0.3 is 4.74 Å². The molecule has 0 spiro atoms. The van der Waals surface area contributed by atoms with Gasteiger partial charge in [-0.2, -0.15) is 4.31 Å². The van der Waals surface area contributed by atoms with E-state index in [1.165, 1.54) is 9.87 Å². The number of benzene rings is 1. The normalized spacial score (nSPS) is 21.9. The summed E-state index contributed by atoms with van der Waals surface area (Å²) in [4.78, 5) is 12.3. The van der Waals surface area contributed by atoms with Crippen LogP contribution in [0.5, 0.6) is 0 Å². The lowest BCUT2D eigenvalue weighted by Gasteiger charge is -2.30. The third-order valence-corrected chi connectivity index (χ3v) is 6.57. The zero-order valence-electron chi connectivity index (χ0n) is 13.5. The Morgan fingerprint density at radius 2 is 2.04 bits per heavy atom. The van der Waals surface area contributed by atoms with E-state index in [0.29, 0.717) is 30.9 Å². The summed E-state index contributed by atoms with van der Waals surface area (Å²) in [5.74, 6) is -0.644. The quantitative estimate of drug-likeness (QED) is 0.790. The van der Waals surface area contributed by atoms with E-state index < -0.39 is 10.0 Å². The van der Waals surface area contributed by atoms with Gasteiger partial charge in [0.1, 0.15) is 0 Å². The summed E-state index contributed by atoms with van der Waals surface area (Å²) < 4.78 is 32.3. The maximum atomic E-state index is 12.9. The van der Waals surface area contributed by atoms with E-state index in [1.54, 1.807) is 13.0 Å². The number of sulfonamides is 1. The van der Waals surface area contributed by atoms with E-state index in [2.05, 4.69) is 0 Å². The standard InChI is InChI=1S/C17H23NO4S/c1-2-22-17(19)15-7-4-10-18(12-15)23(20,21)16-9-8-13-5-3-6-14(13)11-16/h8-9,11,15H,2-7,10,12H2,1H3/t15-/m1/s1. The van der Waals surface area contributed by atoms with Gasteiger partial charge in [0, 0.05) is 13.1 Å². The van der Waals surface area contributed by atoms with Crippen LogP contribution >= 0.6 is 0 Å². The van der Waals surface area contributed by atoms with Crippen molar-refractivity contribution in [1.82, 2.24) is 4.31 Å². The number of esters is 1. The lowest BCUT2D eigenvalue weighted by Crippen LogP contribution is -2.42. The average molecular weight is 337 g/mol. The largest absolute Gasteiger partial charge is 0.466 e. The zero-order chi connectivity index (χ0) is 16.4. The van der Waals surface area contributed by atoms with E-state index in [9.17, 15) is 13.2 Å². The maximum Gasteiger partial charge on any atom is 0.310 e. The smallest absolute Gasteiger partial charge is 0.310 e. The number of piperidine rings is 1. The topological polar surface area (TPSA) is 63.7 Å². The Kier molecular flexibility index (Phi) is 4.73. The number of carbonyl (C=O) groups excluding carboxylic acids is 1. The molecular formula is C17H23NO4S. The lowest BCUT2D eigenvalue weighted by molar-refractivity contribution is -0.149. The van der Waals surface area contributed by atoms with Gasteiger partial charge in [0.05, 0.1) is 17.4 Å². The maximum absolute atomic E-state index is 12.9. The van der Waals surface area contributed by atoms with Crippen LogP contribution in [-0.4, -0.2) is 38.4 Å². The molecule has 0 radical (unpaired) electrons. The molecule has 2 aliphatic rings. The Bertz CT molecular complexity index is 699. The molecule has 0 aromatic heterocycles. The van der Waals surface area contributed by atoms with Gasteiger partial charge in [-0.05, 0) is 62.3 Å². The summed E-state index contributed by atoms with van der Waals surface area (Å²) in [6.07, 6.45) is 4.45. The molecule has 23 heavy (non-hydrogen) atoms. The van der Waals surface area contributed by atoms with E-state index in [0.717, 1.165) is 24.8 Å². The van der Waals surface area contributed by atoms with E-state index in [4.69, 9.17) is 4.74 Å². The van der Waals surface area contributed by atoms with Crippen LogP contribution in [0.1, 0.15) is 37.3 Å². The van der Waals surface area contributed by atoms with Crippen LogP contribution in [0.15, 0.2) is 23.1 Å². The highest BCUT2D eigenvalue weighted by molar-refractivity contribution is 7.89. The Morgan fingerprint density at radius 1 is 1.26 bits per heavy atom. The van der Waals surface area contributed by atoms with Crippen molar-refractivity contribution in [2.45, 2.75) is 43.9 Å². The fourth-order valence-corrected chi connectivity index (χ4v) is 5.05. The van der Waals surface area contributed by atoms with E-state index >= 15 is 0 Å². The molecule has 0 unspecified atom stereocenters. The summed E-state index contributed by atoms with van der Waals surface area (Å²) in [6.45, 7) is 2.78. The van der Waals surface area contributed by atoms with Crippen LogP contribution in [-0.2, 0) is 32.4 Å². The van der Waals surface area contributed by atoms with Crippen molar-refractivity contribution >= 4 is 16.0 Å². The number of fused-ring (bicyclic) bond motifs is 1. The number of ether oxygens (including phenoxy) is 1. The highest BCUT2D eigenvalue weighted by atomic mass is 32.2. The van der Waals surface area contributed by atoms with E-state index in [-0.39, 0.29) is 18.4 Å². The third kappa shape index (κ3) is 3.28. The van der Waals surface area contributed by atoms with Gasteiger partial charge in [-0.1, -0.05) is 6.07 Å². The number of nitrogens with zero attached hydrogens (tertiary/aromatic N) is 1. The molecule has 1 aromatic rings. The number of aryl methyl sites for hydroxylation is 2. The van der Waals surface area contributed by atoms with Crippen molar-refractivity contribution in [2.24, 2.45) is 5.92 Å². The Morgan fingerprint density at radius 3 is 2.83 bits per heavy atom. The minimum absolute atomic E-state index is 0.220. The van der Waals surface area contributed by atoms with Crippen molar-refractivity contribution in [3.63, 3.8) is 0 Å². The van der Waals surface area contributed by atoms with Gasteiger partial charge in [-0.3, -0.25) is 4.79 Å². The molecule has 1 saturated heterocycles. The van der Waals surface area contributed by atoms with Crippen molar-refractivity contribution in [3.8, 4) is 0 Å². The van der Waals surface area contributed by atoms with Crippen molar-refractivity contribution < 1.29 is 17.9 Å². The van der Waals surface area contributed by atoms with Gasteiger partial charge >= 0.3 is 5.97 Å². The first-order chi connectivity index (χ1) is 11.0. The highest BCUT2D eigenvalue weighted by Gasteiger charge is 2.34. The molecule has 1 fully saturated rings. The van der Waals surface area contributed by atoms with Crippen LogP contribution in [0.2, 0.25) is 0 Å². The van der Waals surface area contributed by atoms with Gasteiger partial charge in [0.25, 0.3) is 0 Å². The number of carbonyl (C=O) groups is 1.